The lowest BCUT2D eigenvalue weighted by Crippen LogP contribution is -2.40. The zero-order valence-electron chi connectivity index (χ0n) is 15.2. The van der Waals surface area contributed by atoms with Crippen molar-refractivity contribution >= 4 is 5.82 Å². The van der Waals surface area contributed by atoms with Crippen LogP contribution in [0.5, 0.6) is 0 Å². The molecule has 0 bridgehead atoms. The molecule has 136 valence electrons. The summed E-state index contributed by atoms with van der Waals surface area (Å²) in [6.07, 6.45) is 1.77. The van der Waals surface area contributed by atoms with Gasteiger partial charge in [-0.1, -0.05) is 25.9 Å². The number of anilines is 1. The van der Waals surface area contributed by atoms with Gasteiger partial charge >= 0.3 is 0 Å². The van der Waals surface area contributed by atoms with E-state index in [1.165, 1.54) is 0 Å². The Hall–Kier alpha value is -1.99. The molecule has 0 saturated carbocycles. The van der Waals surface area contributed by atoms with E-state index in [0.29, 0.717) is 11.8 Å². The average molecular weight is 345 g/mol. The monoisotopic (exact) mass is 345 g/mol. The van der Waals surface area contributed by atoms with Gasteiger partial charge in [-0.2, -0.15) is 4.98 Å². The third kappa shape index (κ3) is 4.99. The van der Waals surface area contributed by atoms with Gasteiger partial charge in [0.05, 0.1) is 13.2 Å². The standard InChI is InChI=1S/C18H27N5O2/c1-13(2)17-21-18(25-22-17)15-4-5-19-16(10-15)20-11-14(3)12-23-6-8-24-9-7-23/h4-5,10,13-14H,6-9,11-12H2,1-3H3,(H,19,20)/t14-/m0/s1. The summed E-state index contributed by atoms with van der Waals surface area (Å²) in [6, 6.07) is 3.85. The normalized spacial score (nSPS) is 17.0. The Morgan fingerprint density at radius 2 is 2.04 bits per heavy atom. The van der Waals surface area contributed by atoms with Crippen molar-refractivity contribution in [2.75, 3.05) is 44.7 Å². The van der Waals surface area contributed by atoms with Gasteiger partial charge in [-0.05, 0) is 18.1 Å². The highest BCUT2D eigenvalue weighted by Crippen LogP contribution is 2.21. The van der Waals surface area contributed by atoms with E-state index >= 15 is 0 Å². The maximum Gasteiger partial charge on any atom is 0.258 e. The summed E-state index contributed by atoms with van der Waals surface area (Å²) in [4.78, 5) is 11.3. The Morgan fingerprint density at radius 3 is 2.76 bits per heavy atom. The van der Waals surface area contributed by atoms with E-state index in [4.69, 9.17) is 9.26 Å². The van der Waals surface area contributed by atoms with Crippen LogP contribution in [-0.4, -0.2) is 59.4 Å². The lowest BCUT2D eigenvalue weighted by Gasteiger charge is -2.29. The molecule has 7 heteroatoms. The molecule has 3 rings (SSSR count). The molecule has 1 aliphatic rings. The first-order valence-corrected chi connectivity index (χ1v) is 8.96. The highest BCUT2D eigenvalue weighted by atomic mass is 16.5. The van der Waals surface area contributed by atoms with Crippen molar-refractivity contribution < 1.29 is 9.26 Å². The van der Waals surface area contributed by atoms with Crippen LogP contribution in [0.4, 0.5) is 5.82 Å². The number of hydrogen-bond acceptors (Lipinski definition) is 7. The first-order valence-electron chi connectivity index (χ1n) is 8.96. The third-order valence-corrected chi connectivity index (χ3v) is 4.27. The first kappa shape index (κ1) is 17.8. The molecule has 0 radical (unpaired) electrons. The number of pyridine rings is 1. The molecule has 0 spiro atoms. The molecular weight excluding hydrogens is 318 g/mol. The van der Waals surface area contributed by atoms with Gasteiger partial charge in [-0.3, -0.25) is 4.90 Å². The van der Waals surface area contributed by atoms with Crippen LogP contribution in [0.15, 0.2) is 22.9 Å². The summed E-state index contributed by atoms with van der Waals surface area (Å²) in [5.41, 5.74) is 0.887. The zero-order chi connectivity index (χ0) is 17.6. The highest BCUT2D eigenvalue weighted by molar-refractivity contribution is 5.57. The zero-order valence-corrected chi connectivity index (χ0v) is 15.2. The second-order valence-corrected chi connectivity index (χ2v) is 6.94. The molecule has 0 aromatic carbocycles. The molecule has 1 saturated heterocycles. The fraction of sp³-hybridized carbons (Fsp3) is 0.611. The van der Waals surface area contributed by atoms with Crippen LogP contribution < -0.4 is 5.32 Å². The first-order chi connectivity index (χ1) is 12.1. The van der Waals surface area contributed by atoms with Gasteiger partial charge in [-0.25, -0.2) is 4.98 Å². The molecule has 2 aromatic heterocycles. The Balaban J connectivity index is 1.55. The van der Waals surface area contributed by atoms with Crippen LogP contribution in [0.2, 0.25) is 0 Å². The van der Waals surface area contributed by atoms with Crippen molar-refractivity contribution in [2.45, 2.75) is 26.7 Å². The number of nitrogens with zero attached hydrogens (tertiary/aromatic N) is 4. The number of morpholine rings is 1. The van der Waals surface area contributed by atoms with Gasteiger partial charge < -0.3 is 14.6 Å². The third-order valence-electron chi connectivity index (χ3n) is 4.27. The topological polar surface area (TPSA) is 76.3 Å². The number of ether oxygens (including phenoxy) is 1. The summed E-state index contributed by atoms with van der Waals surface area (Å²) < 4.78 is 10.8. The lowest BCUT2D eigenvalue weighted by atomic mass is 10.1. The Bertz CT molecular complexity index is 667. The fourth-order valence-electron chi connectivity index (χ4n) is 2.81. The summed E-state index contributed by atoms with van der Waals surface area (Å²) >= 11 is 0. The average Bonchev–Trinajstić information content (AvgIpc) is 3.12. The maximum absolute atomic E-state index is 5.39. The summed E-state index contributed by atoms with van der Waals surface area (Å²) in [5, 5.41) is 7.43. The van der Waals surface area contributed by atoms with E-state index in [1.807, 2.05) is 26.0 Å². The SMILES string of the molecule is CC(C)c1noc(-c2ccnc(NC[C@H](C)CN3CCOCC3)c2)n1. The van der Waals surface area contributed by atoms with Crippen molar-refractivity contribution in [3.63, 3.8) is 0 Å². The van der Waals surface area contributed by atoms with Crippen LogP contribution in [0.3, 0.4) is 0 Å². The molecule has 0 aliphatic carbocycles. The molecule has 25 heavy (non-hydrogen) atoms. The van der Waals surface area contributed by atoms with E-state index in [0.717, 1.165) is 56.6 Å². The van der Waals surface area contributed by atoms with Gasteiger partial charge in [0.25, 0.3) is 5.89 Å². The minimum Gasteiger partial charge on any atom is -0.379 e. The minimum atomic E-state index is 0.248. The van der Waals surface area contributed by atoms with E-state index in [2.05, 4.69) is 32.3 Å². The van der Waals surface area contributed by atoms with Gasteiger partial charge in [0.15, 0.2) is 5.82 Å². The fourth-order valence-corrected chi connectivity index (χ4v) is 2.81. The molecule has 2 aromatic rings. The molecule has 1 fully saturated rings. The smallest absolute Gasteiger partial charge is 0.258 e. The van der Waals surface area contributed by atoms with Crippen molar-refractivity contribution in [1.82, 2.24) is 20.0 Å². The Morgan fingerprint density at radius 1 is 1.24 bits per heavy atom. The number of nitrogens with one attached hydrogen (secondary N) is 1. The molecule has 0 amide bonds. The largest absolute Gasteiger partial charge is 0.379 e. The van der Waals surface area contributed by atoms with E-state index < -0.39 is 0 Å². The summed E-state index contributed by atoms with van der Waals surface area (Å²) in [5.74, 6) is 2.86. The van der Waals surface area contributed by atoms with Crippen LogP contribution >= 0.6 is 0 Å². The molecule has 0 unspecified atom stereocenters. The molecule has 1 aliphatic heterocycles. The number of hydrogen-bond donors (Lipinski definition) is 1. The second kappa shape index (κ2) is 8.40. The van der Waals surface area contributed by atoms with Gasteiger partial charge in [0.2, 0.25) is 0 Å². The molecular formula is C18H27N5O2. The van der Waals surface area contributed by atoms with Crippen molar-refractivity contribution in [2.24, 2.45) is 5.92 Å². The van der Waals surface area contributed by atoms with E-state index in [-0.39, 0.29) is 5.92 Å². The van der Waals surface area contributed by atoms with Crippen LogP contribution in [0.1, 0.15) is 32.5 Å². The van der Waals surface area contributed by atoms with Crippen LogP contribution in [0, 0.1) is 5.92 Å². The molecule has 3 heterocycles. The van der Waals surface area contributed by atoms with Gasteiger partial charge in [0.1, 0.15) is 5.82 Å². The van der Waals surface area contributed by atoms with E-state index in [1.54, 1.807) is 6.20 Å². The second-order valence-electron chi connectivity index (χ2n) is 6.94. The van der Waals surface area contributed by atoms with Crippen molar-refractivity contribution in [1.29, 1.82) is 0 Å². The maximum atomic E-state index is 5.39. The summed E-state index contributed by atoms with van der Waals surface area (Å²) in [7, 11) is 0. The lowest BCUT2D eigenvalue weighted by molar-refractivity contribution is 0.0325. The molecule has 7 nitrogen and oxygen atoms in total. The highest BCUT2D eigenvalue weighted by Gasteiger charge is 2.15. The van der Waals surface area contributed by atoms with Gasteiger partial charge in [0, 0.05) is 43.9 Å². The quantitative estimate of drug-likeness (QED) is 0.826. The number of aromatic nitrogens is 3. The molecule has 1 atom stereocenters. The Labute approximate surface area is 148 Å². The van der Waals surface area contributed by atoms with E-state index in [9.17, 15) is 0 Å². The predicted octanol–water partition coefficient (Wildman–Crippen LogP) is 2.64. The van der Waals surface area contributed by atoms with Gasteiger partial charge in [-0.15, -0.1) is 0 Å². The summed E-state index contributed by atoms with van der Waals surface area (Å²) in [6.45, 7) is 12.0. The number of rotatable bonds is 7. The van der Waals surface area contributed by atoms with Crippen LogP contribution in [0.25, 0.3) is 11.5 Å². The van der Waals surface area contributed by atoms with Crippen molar-refractivity contribution in [3.05, 3.63) is 24.2 Å². The predicted molar refractivity (Wildman–Crippen MR) is 96.5 cm³/mol. The minimum absolute atomic E-state index is 0.248. The molecule has 1 N–H and O–H groups in total. The Kier molecular flexibility index (Phi) is 5.99. The van der Waals surface area contributed by atoms with Crippen LogP contribution in [-0.2, 0) is 4.74 Å². The van der Waals surface area contributed by atoms with Crippen molar-refractivity contribution in [3.8, 4) is 11.5 Å².